The van der Waals surface area contributed by atoms with Crippen LogP contribution in [-0.4, -0.2) is 28.5 Å². The number of aliphatic hydroxyl groups is 1. The number of aromatic nitrogens is 2. The van der Waals surface area contributed by atoms with Gasteiger partial charge in [0.05, 0.1) is 0 Å². The number of nitrogens with zero attached hydrogens (tertiary/aromatic N) is 2. The molecule has 1 atom stereocenters. The Bertz CT molecular complexity index is 295. The normalized spacial score (nSPS) is 12.8. The Morgan fingerprint density at radius 2 is 2.46 bits per heavy atom. The average Bonchev–Trinajstić information content (AvgIpc) is 2.09. The first kappa shape index (κ1) is 10.2. The maximum absolute atomic E-state index is 9.14. The first-order valence-corrected chi connectivity index (χ1v) is 3.99. The summed E-state index contributed by atoms with van der Waals surface area (Å²) < 4.78 is 4.65. The molecule has 0 aliphatic rings. The Balaban J connectivity index is 2.77. The number of hydrogen-bond acceptors (Lipinski definition) is 5. The molecule has 5 nitrogen and oxygen atoms in total. The van der Waals surface area contributed by atoms with Crippen LogP contribution in [0.3, 0.4) is 0 Å². The highest BCUT2D eigenvalue weighted by Crippen LogP contribution is 2.12. The van der Waals surface area contributed by atoms with E-state index >= 15 is 0 Å². The first-order valence-electron chi connectivity index (χ1n) is 3.61. The van der Waals surface area contributed by atoms with Gasteiger partial charge in [-0.2, -0.15) is 0 Å². The van der Waals surface area contributed by atoms with Crippen LogP contribution in [0.15, 0.2) is 6.20 Å². The van der Waals surface area contributed by atoms with Crippen molar-refractivity contribution >= 4 is 17.4 Å². The van der Waals surface area contributed by atoms with Gasteiger partial charge in [-0.1, -0.05) is 0 Å². The fourth-order valence-electron chi connectivity index (χ4n) is 0.826. The summed E-state index contributed by atoms with van der Waals surface area (Å²) in [5.74, 6) is 0.260. The number of nitrogens with two attached hydrogens (primary N) is 1. The number of ether oxygens (including phenoxy) is 1. The molecule has 1 rings (SSSR count). The minimum absolute atomic E-state index is 0.0909. The zero-order valence-electron chi connectivity index (χ0n) is 7.07. The summed E-state index contributed by atoms with van der Waals surface area (Å²) in [6.07, 6.45) is 0.818. The lowest BCUT2D eigenvalue weighted by molar-refractivity contribution is -0.0720. The smallest absolute Gasteiger partial charge is 0.224 e. The van der Waals surface area contributed by atoms with E-state index in [0.717, 1.165) is 0 Å². The topological polar surface area (TPSA) is 81.3 Å². The number of rotatable bonds is 3. The number of anilines is 1. The van der Waals surface area contributed by atoms with Crippen molar-refractivity contribution in [1.82, 2.24) is 9.97 Å². The van der Waals surface area contributed by atoms with Crippen molar-refractivity contribution in [2.24, 2.45) is 0 Å². The molecule has 0 spiro atoms. The standard InChI is InChI=1S/C7H10ClN3O2/c1-13-5(12)2-4-3-10-7(8)11-6(4)9/h3,5,12H,2H2,1H3,(H2,9,10,11). The summed E-state index contributed by atoms with van der Waals surface area (Å²) in [5, 5.41) is 9.23. The zero-order chi connectivity index (χ0) is 9.84. The molecular weight excluding hydrogens is 194 g/mol. The van der Waals surface area contributed by atoms with Crippen LogP contribution in [-0.2, 0) is 11.2 Å². The summed E-state index contributed by atoms with van der Waals surface area (Å²) in [6, 6.07) is 0. The maximum atomic E-state index is 9.14. The molecule has 1 unspecified atom stereocenters. The second kappa shape index (κ2) is 4.36. The summed E-state index contributed by atoms with van der Waals surface area (Å²) in [7, 11) is 1.40. The third-order valence-corrected chi connectivity index (χ3v) is 1.72. The van der Waals surface area contributed by atoms with Crippen LogP contribution < -0.4 is 5.73 Å². The molecule has 6 heteroatoms. The minimum atomic E-state index is -0.896. The van der Waals surface area contributed by atoms with Gasteiger partial charge < -0.3 is 15.6 Å². The molecule has 0 amide bonds. The lowest BCUT2D eigenvalue weighted by atomic mass is 10.2. The monoisotopic (exact) mass is 203 g/mol. The Morgan fingerprint density at radius 1 is 1.77 bits per heavy atom. The number of nitrogen functional groups attached to an aromatic ring is 1. The number of methoxy groups -OCH3 is 1. The van der Waals surface area contributed by atoms with Gasteiger partial charge in [0.1, 0.15) is 5.82 Å². The lowest BCUT2D eigenvalue weighted by Crippen LogP contribution is -2.14. The summed E-state index contributed by atoms with van der Waals surface area (Å²) >= 11 is 5.49. The first-order chi connectivity index (χ1) is 6.13. The fourth-order valence-corrected chi connectivity index (χ4v) is 0.966. The SMILES string of the molecule is COC(O)Cc1cnc(Cl)nc1N. The van der Waals surface area contributed by atoms with Crippen LogP contribution in [0.5, 0.6) is 0 Å². The number of hydrogen-bond donors (Lipinski definition) is 2. The van der Waals surface area contributed by atoms with Crippen LogP contribution >= 0.6 is 11.6 Å². The third kappa shape index (κ3) is 2.80. The quantitative estimate of drug-likeness (QED) is 0.543. The van der Waals surface area contributed by atoms with E-state index in [2.05, 4.69) is 14.7 Å². The molecule has 0 fully saturated rings. The Morgan fingerprint density at radius 3 is 3.00 bits per heavy atom. The van der Waals surface area contributed by atoms with E-state index in [0.29, 0.717) is 5.56 Å². The number of halogens is 1. The van der Waals surface area contributed by atoms with E-state index in [1.807, 2.05) is 0 Å². The van der Waals surface area contributed by atoms with Crippen molar-refractivity contribution in [3.63, 3.8) is 0 Å². The van der Waals surface area contributed by atoms with Crippen LogP contribution in [0, 0.1) is 0 Å². The van der Waals surface area contributed by atoms with Gasteiger partial charge in [0.25, 0.3) is 0 Å². The highest BCUT2D eigenvalue weighted by molar-refractivity contribution is 6.28. The molecule has 13 heavy (non-hydrogen) atoms. The Kier molecular flexibility index (Phi) is 3.41. The minimum Gasteiger partial charge on any atom is -0.383 e. The highest BCUT2D eigenvalue weighted by Gasteiger charge is 2.08. The molecule has 1 aromatic heterocycles. The van der Waals surface area contributed by atoms with Gasteiger partial charge in [0.2, 0.25) is 5.28 Å². The van der Waals surface area contributed by atoms with Crippen LogP contribution in [0.1, 0.15) is 5.56 Å². The zero-order valence-corrected chi connectivity index (χ0v) is 7.82. The van der Waals surface area contributed by atoms with Gasteiger partial charge in [0.15, 0.2) is 6.29 Å². The van der Waals surface area contributed by atoms with Gasteiger partial charge in [-0.05, 0) is 11.6 Å². The molecule has 0 aromatic carbocycles. The molecule has 0 aliphatic carbocycles. The molecular formula is C7H10ClN3O2. The second-order valence-electron chi connectivity index (χ2n) is 2.44. The molecule has 0 bridgehead atoms. The maximum Gasteiger partial charge on any atom is 0.224 e. The van der Waals surface area contributed by atoms with Crippen molar-refractivity contribution in [2.45, 2.75) is 12.7 Å². The average molecular weight is 204 g/mol. The largest absolute Gasteiger partial charge is 0.383 e. The molecule has 0 aliphatic heterocycles. The van der Waals surface area contributed by atoms with Crippen LogP contribution in [0.2, 0.25) is 5.28 Å². The molecule has 0 saturated heterocycles. The van der Waals surface area contributed by atoms with Crippen molar-refractivity contribution in [2.75, 3.05) is 12.8 Å². The fraction of sp³-hybridized carbons (Fsp3) is 0.429. The number of aliphatic hydroxyl groups excluding tert-OH is 1. The van der Waals surface area contributed by atoms with Gasteiger partial charge in [-0.3, -0.25) is 0 Å². The van der Waals surface area contributed by atoms with E-state index in [1.165, 1.54) is 13.3 Å². The second-order valence-corrected chi connectivity index (χ2v) is 2.78. The Hall–Kier alpha value is -0.910. The Labute approximate surface area is 80.5 Å². The van der Waals surface area contributed by atoms with E-state index in [4.69, 9.17) is 22.4 Å². The molecule has 72 valence electrons. The van der Waals surface area contributed by atoms with Gasteiger partial charge >= 0.3 is 0 Å². The van der Waals surface area contributed by atoms with Crippen molar-refractivity contribution in [1.29, 1.82) is 0 Å². The van der Waals surface area contributed by atoms with Gasteiger partial charge in [-0.15, -0.1) is 0 Å². The summed E-state index contributed by atoms with van der Waals surface area (Å²) in [6.45, 7) is 0. The molecule has 3 N–H and O–H groups in total. The molecule has 0 saturated carbocycles. The van der Waals surface area contributed by atoms with Crippen molar-refractivity contribution < 1.29 is 9.84 Å². The van der Waals surface area contributed by atoms with E-state index in [-0.39, 0.29) is 17.5 Å². The lowest BCUT2D eigenvalue weighted by Gasteiger charge is -2.08. The van der Waals surface area contributed by atoms with E-state index in [1.54, 1.807) is 0 Å². The van der Waals surface area contributed by atoms with Crippen molar-refractivity contribution in [3.8, 4) is 0 Å². The highest BCUT2D eigenvalue weighted by atomic mass is 35.5. The molecule has 1 heterocycles. The van der Waals surface area contributed by atoms with E-state index in [9.17, 15) is 0 Å². The van der Waals surface area contributed by atoms with Gasteiger partial charge in [0, 0.05) is 25.3 Å². The van der Waals surface area contributed by atoms with E-state index < -0.39 is 6.29 Å². The van der Waals surface area contributed by atoms with Crippen LogP contribution in [0.25, 0.3) is 0 Å². The predicted octanol–water partition coefficient (Wildman–Crippen LogP) is 0.220. The van der Waals surface area contributed by atoms with Crippen molar-refractivity contribution in [3.05, 3.63) is 17.0 Å². The van der Waals surface area contributed by atoms with Crippen LogP contribution in [0.4, 0.5) is 5.82 Å². The third-order valence-electron chi connectivity index (χ3n) is 1.54. The predicted molar refractivity (Wildman–Crippen MR) is 48.2 cm³/mol. The summed E-state index contributed by atoms with van der Waals surface area (Å²) in [5.41, 5.74) is 6.13. The van der Waals surface area contributed by atoms with Gasteiger partial charge in [-0.25, -0.2) is 9.97 Å². The molecule has 0 radical (unpaired) electrons. The molecule has 1 aromatic rings. The summed E-state index contributed by atoms with van der Waals surface area (Å²) in [4.78, 5) is 7.46.